The summed E-state index contributed by atoms with van der Waals surface area (Å²) in [7, 11) is 0. The Balaban J connectivity index is 2.17. The lowest BCUT2D eigenvalue weighted by Gasteiger charge is -2.02. The molecule has 0 aliphatic heterocycles. The first kappa shape index (κ1) is 10.7. The van der Waals surface area contributed by atoms with Crippen LogP contribution in [0.15, 0.2) is 34.9 Å². The first-order valence-electron chi connectivity index (χ1n) is 4.65. The summed E-state index contributed by atoms with van der Waals surface area (Å²) in [5.41, 5.74) is 0.777. The summed E-state index contributed by atoms with van der Waals surface area (Å²) >= 11 is 5.70. The van der Waals surface area contributed by atoms with Crippen LogP contribution in [0.4, 0.5) is 5.82 Å². The molecular formula is C11H9ClN2O2. The topological polar surface area (TPSA) is 55.1 Å². The quantitative estimate of drug-likeness (QED) is 0.816. The molecule has 0 aliphatic carbocycles. The maximum Gasteiger partial charge on any atom is 0.292 e. The van der Waals surface area contributed by atoms with Gasteiger partial charge >= 0.3 is 0 Å². The molecule has 0 atom stereocenters. The van der Waals surface area contributed by atoms with E-state index in [2.05, 4.69) is 10.3 Å². The van der Waals surface area contributed by atoms with E-state index in [0.29, 0.717) is 11.0 Å². The lowest BCUT2D eigenvalue weighted by molar-refractivity contribution is 0.0995. The van der Waals surface area contributed by atoms with Gasteiger partial charge in [0.1, 0.15) is 11.0 Å². The average molecular weight is 237 g/mol. The van der Waals surface area contributed by atoms with Crippen molar-refractivity contribution in [2.24, 2.45) is 0 Å². The number of aromatic nitrogens is 1. The summed E-state index contributed by atoms with van der Waals surface area (Å²) in [6, 6.07) is 6.72. The third-order valence-corrected chi connectivity index (χ3v) is 2.24. The van der Waals surface area contributed by atoms with Crippen LogP contribution in [0.25, 0.3) is 0 Å². The van der Waals surface area contributed by atoms with Crippen molar-refractivity contribution in [2.75, 3.05) is 5.32 Å². The zero-order valence-electron chi connectivity index (χ0n) is 8.53. The molecule has 2 aromatic heterocycles. The molecule has 0 saturated heterocycles. The van der Waals surface area contributed by atoms with Crippen LogP contribution in [0.5, 0.6) is 0 Å². The second-order valence-corrected chi connectivity index (χ2v) is 3.62. The lowest BCUT2D eigenvalue weighted by Crippen LogP contribution is -2.13. The number of carbonyl (C=O) groups excluding carboxylic acids is 1. The number of amides is 1. The number of furan rings is 1. The number of aryl methyl sites for hydroxylation is 1. The standard InChI is InChI=1S/C11H9ClN2O2/c1-7-5-6-16-10(7)11(15)14-9-4-2-3-8(12)13-9/h2-6H,1H3,(H,13,14,15). The maximum absolute atomic E-state index is 11.7. The highest BCUT2D eigenvalue weighted by atomic mass is 35.5. The van der Waals surface area contributed by atoms with Crippen LogP contribution in [0.3, 0.4) is 0 Å². The number of hydrogen-bond donors (Lipinski definition) is 1. The minimum Gasteiger partial charge on any atom is -0.459 e. The smallest absolute Gasteiger partial charge is 0.292 e. The number of nitrogens with one attached hydrogen (secondary N) is 1. The van der Waals surface area contributed by atoms with Gasteiger partial charge in [0.25, 0.3) is 5.91 Å². The van der Waals surface area contributed by atoms with Crippen LogP contribution in [-0.2, 0) is 0 Å². The molecule has 0 saturated carbocycles. The average Bonchev–Trinajstić information content (AvgIpc) is 2.64. The van der Waals surface area contributed by atoms with Crippen LogP contribution in [0, 0.1) is 6.92 Å². The fraction of sp³-hybridized carbons (Fsp3) is 0.0909. The van der Waals surface area contributed by atoms with Crippen molar-refractivity contribution in [1.82, 2.24) is 4.98 Å². The predicted octanol–water partition coefficient (Wildman–Crippen LogP) is 2.89. The van der Waals surface area contributed by atoms with Crippen molar-refractivity contribution in [3.63, 3.8) is 0 Å². The summed E-state index contributed by atoms with van der Waals surface area (Å²) in [6.45, 7) is 1.80. The molecule has 2 rings (SSSR count). The molecule has 4 nitrogen and oxygen atoms in total. The van der Waals surface area contributed by atoms with Crippen LogP contribution < -0.4 is 5.32 Å². The number of halogens is 1. The second kappa shape index (κ2) is 4.37. The van der Waals surface area contributed by atoms with Crippen LogP contribution in [0.2, 0.25) is 5.15 Å². The fourth-order valence-electron chi connectivity index (χ4n) is 1.26. The van der Waals surface area contributed by atoms with Gasteiger partial charge in [-0.1, -0.05) is 17.7 Å². The predicted molar refractivity (Wildman–Crippen MR) is 60.6 cm³/mol. The summed E-state index contributed by atoms with van der Waals surface area (Å²) in [5.74, 6) is 0.340. The minimum absolute atomic E-state index is 0.279. The summed E-state index contributed by atoms with van der Waals surface area (Å²) in [6.07, 6.45) is 1.47. The van der Waals surface area contributed by atoms with Crippen LogP contribution in [0.1, 0.15) is 16.1 Å². The molecule has 82 valence electrons. The van der Waals surface area contributed by atoms with Crippen molar-refractivity contribution in [3.05, 3.63) is 47.0 Å². The maximum atomic E-state index is 11.7. The van der Waals surface area contributed by atoms with Crippen LogP contribution in [-0.4, -0.2) is 10.9 Å². The molecule has 0 unspecified atom stereocenters. The molecule has 5 heteroatoms. The Labute approximate surface area is 97.2 Å². The summed E-state index contributed by atoms with van der Waals surface area (Å²) in [5, 5.41) is 2.93. The van der Waals surface area contributed by atoms with E-state index in [1.165, 1.54) is 6.26 Å². The van der Waals surface area contributed by atoms with Gasteiger partial charge in [-0.3, -0.25) is 4.79 Å². The Morgan fingerprint density at radius 2 is 2.25 bits per heavy atom. The van der Waals surface area contributed by atoms with E-state index >= 15 is 0 Å². The van der Waals surface area contributed by atoms with E-state index in [4.69, 9.17) is 16.0 Å². The second-order valence-electron chi connectivity index (χ2n) is 3.23. The molecule has 16 heavy (non-hydrogen) atoms. The first-order chi connectivity index (χ1) is 7.66. The van der Waals surface area contributed by atoms with Gasteiger partial charge in [0.05, 0.1) is 6.26 Å². The van der Waals surface area contributed by atoms with Crippen molar-refractivity contribution in [2.45, 2.75) is 6.92 Å². The van der Waals surface area contributed by atoms with E-state index in [1.807, 2.05) is 0 Å². The fourth-order valence-corrected chi connectivity index (χ4v) is 1.42. The Bertz CT molecular complexity index is 522. The number of hydrogen-bond acceptors (Lipinski definition) is 3. The third-order valence-electron chi connectivity index (χ3n) is 2.03. The SMILES string of the molecule is Cc1ccoc1C(=O)Nc1cccc(Cl)n1. The number of pyridine rings is 1. The molecule has 0 aliphatic rings. The lowest BCUT2D eigenvalue weighted by atomic mass is 10.3. The van der Waals surface area contributed by atoms with Crippen molar-refractivity contribution in [3.8, 4) is 0 Å². The van der Waals surface area contributed by atoms with Gasteiger partial charge in [0, 0.05) is 5.56 Å². The zero-order valence-corrected chi connectivity index (χ0v) is 9.28. The van der Waals surface area contributed by atoms with Gasteiger partial charge < -0.3 is 9.73 Å². The Morgan fingerprint density at radius 1 is 1.44 bits per heavy atom. The van der Waals surface area contributed by atoms with Gasteiger partial charge in [-0.15, -0.1) is 0 Å². The molecular weight excluding hydrogens is 228 g/mol. The van der Waals surface area contributed by atoms with E-state index in [9.17, 15) is 4.79 Å². The van der Waals surface area contributed by atoms with Gasteiger partial charge in [-0.2, -0.15) is 0 Å². The Morgan fingerprint density at radius 3 is 2.88 bits per heavy atom. The molecule has 2 heterocycles. The number of anilines is 1. The molecule has 0 spiro atoms. The first-order valence-corrected chi connectivity index (χ1v) is 5.02. The highest BCUT2D eigenvalue weighted by molar-refractivity contribution is 6.29. The zero-order chi connectivity index (χ0) is 11.5. The molecule has 1 amide bonds. The third kappa shape index (κ3) is 2.23. The van der Waals surface area contributed by atoms with Crippen LogP contribution >= 0.6 is 11.6 Å². The molecule has 2 aromatic rings. The monoisotopic (exact) mass is 236 g/mol. The molecule has 0 radical (unpaired) electrons. The normalized spacial score (nSPS) is 10.1. The highest BCUT2D eigenvalue weighted by Crippen LogP contribution is 2.13. The highest BCUT2D eigenvalue weighted by Gasteiger charge is 2.12. The van der Waals surface area contributed by atoms with Gasteiger partial charge in [-0.25, -0.2) is 4.98 Å². The van der Waals surface area contributed by atoms with Crippen molar-refractivity contribution < 1.29 is 9.21 Å². The molecule has 0 bridgehead atoms. The van der Waals surface area contributed by atoms with E-state index in [-0.39, 0.29) is 11.7 Å². The Hall–Kier alpha value is -1.81. The minimum atomic E-state index is -0.336. The van der Waals surface area contributed by atoms with Gasteiger partial charge in [0.15, 0.2) is 5.76 Å². The number of rotatable bonds is 2. The summed E-state index contributed by atoms with van der Waals surface area (Å²) < 4.78 is 5.06. The van der Waals surface area contributed by atoms with Gasteiger partial charge in [0.2, 0.25) is 0 Å². The summed E-state index contributed by atoms with van der Waals surface area (Å²) in [4.78, 5) is 15.7. The van der Waals surface area contributed by atoms with Crippen molar-refractivity contribution in [1.29, 1.82) is 0 Å². The largest absolute Gasteiger partial charge is 0.459 e. The molecule has 0 fully saturated rings. The number of nitrogens with zero attached hydrogens (tertiary/aromatic N) is 1. The molecule has 1 N–H and O–H groups in total. The Kier molecular flexibility index (Phi) is 2.92. The van der Waals surface area contributed by atoms with Crippen molar-refractivity contribution >= 4 is 23.3 Å². The van der Waals surface area contributed by atoms with E-state index < -0.39 is 0 Å². The number of carbonyl (C=O) groups is 1. The van der Waals surface area contributed by atoms with Gasteiger partial charge in [-0.05, 0) is 25.1 Å². The van der Waals surface area contributed by atoms with E-state index in [1.54, 1.807) is 31.2 Å². The van der Waals surface area contributed by atoms with E-state index in [0.717, 1.165) is 5.56 Å². The molecule has 0 aromatic carbocycles.